The van der Waals surface area contributed by atoms with Gasteiger partial charge in [0.15, 0.2) is 0 Å². The predicted molar refractivity (Wildman–Crippen MR) is 96.8 cm³/mol. The molecule has 0 spiro atoms. The van der Waals surface area contributed by atoms with Crippen LogP contribution in [0.5, 0.6) is 0 Å². The number of nitrogens with one attached hydrogen (secondary N) is 1. The molecule has 2 saturated heterocycles. The van der Waals surface area contributed by atoms with Gasteiger partial charge >= 0.3 is 0 Å². The van der Waals surface area contributed by atoms with Gasteiger partial charge in [-0.1, -0.05) is 19.3 Å². The SMILES string of the molecule is O=C(CC1CCCCC1)N[C@H]1C[C@H]2C(=O)N(C3CC3)S(=O)(=O)CCN2C1. The van der Waals surface area contributed by atoms with Crippen molar-refractivity contribution in [3.63, 3.8) is 0 Å². The third-order valence-electron chi connectivity index (χ3n) is 6.28. The molecule has 2 atom stereocenters. The number of rotatable bonds is 4. The summed E-state index contributed by atoms with van der Waals surface area (Å²) in [4.78, 5) is 27.2. The molecule has 1 N–H and O–H groups in total. The fourth-order valence-corrected chi connectivity index (χ4v) is 6.51. The van der Waals surface area contributed by atoms with Crippen LogP contribution in [0.2, 0.25) is 0 Å². The van der Waals surface area contributed by atoms with E-state index in [0.717, 1.165) is 30.0 Å². The minimum atomic E-state index is -3.49. The second kappa shape index (κ2) is 7.11. The zero-order valence-electron chi connectivity index (χ0n) is 15.2. The summed E-state index contributed by atoms with van der Waals surface area (Å²) >= 11 is 0. The van der Waals surface area contributed by atoms with Crippen molar-refractivity contribution in [1.29, 1.82) is 0 Å². The van der Waals surface area contributed by atoms with Crippen molar-refractivity contribution >= 4 is 21.8 Å². The summed E-state index contributed by atoms with van der Waals surface area (Å²) in [5.41, 5.74) is 0. The highest BCUT2D eigenvalue weighted by Gasteiger charge is 2.49. The minimum absolute atomic E-state index is 0.00548. The van der Waals surface area contributed by atoms with Crippen molar-refractivity contribution in [3.05, 3.63) is 0 Å². The average Bonchev–Trinajstić information content (AvgIpc) is 3.34. The Morgan fingerprint density at radius 1 is 1.12 bits per heavy atom. The highest BCUT2D eigenvalue weighted by Crippen LogP contribution is 2.34. The van der Waals surface area contributed by atoms with Crippen molar-refractivity contribution in [2.75, 3.05) is 18.8 Å². The summed E-state index contributed by atoms with van der Waals surface area (Å²) in [6, 6.07) is -0.595. The first-order chi connectivity index (χ1) is 12.4. The van der Waals surface area contributed by atoms with Gasteiger partial charge < -0.3 is 5.32 Å². The van der Waals surface area contributed by atoms with Gasteiger partial charge in [-0.2, -0.15) is 0 Å². The summed E-state index contributed by atoms with van der Waals surface area (Å²) in [6.45, 7) is 0.942. The summed E-state index contributed by atoms with van der Waals surface area (Å²) in [6.07, 6.45) is 8.65. The number of carbonyl (C=O) groups excluding carboxylic acids is 2. The van der Waals surface area contributed by atoms with E-state index in [-0.39, 0.29) is 29.7 Å². The molecule has 0 aromatic carbocycles. The summed E-state index contributed by atoms with van der Waals surface area (Å²) < 4.78 is 26.0. The van der Waals surface area contributed by atoms with E-state index in [1.54, 1.807) is 0 Å². The number of hydrogen-bond donors (Lipinski definition) is 1. The summed E-state index contributed by atoms with van der Waals surface area (Å²) in [5.74, 6) is 0.287. The Hall–Kier alpha value is -1.15. The molecule has 7 nitrogen and oxygen atoms in total. The third kappa shape index (κ3) is 3.76. The first kappa shape index (κ1) is 18.2. The lowest BCUT2D eigenvalue weighted by Crippen LogP contribution is -2.45. The van der Waals surface area contributed by atoms with Crippen molar-refractivity contribution in [2.24, 2.45) is 5.92 Å². The molecular weight excluding hydrogens is 354 g/mol. The van der Waals surface area contributed by atoms with Gasteiger partial charge in [-0.25, -0.2) is 12.7 Å². The first-order valence-electron chi connectivity index (χ1n) is 10.0. The molecule has 2 amide bonds. The Morgan fingerprint density at radius 2 is 1.85 bits per heavy atom. The third-order valence-corrected chi connectivity index (χ3v) is 8.06. The maximum absolute atomic E-state index is 12.9. The molecular formula is C18H29N3O4S. The molecule has 0 unspecified atom stereocenters. The molecule has 4 fully saturated rings. The Bertz CT molecular complexity index is 670. The van der Waals surface area contributed by atoms with Crippen molar-refractivity contribution in [1.82, 2.24) is 14.5 Å². The molecule has 26 heavy (non-hydrogen) atoms. The van der Waals surface area contributed by atoms with E-state index >= 15 is 0 Å². The molecule has 2 saturated carbocycles. The van der Waals surface area contributed by atoms with Crippen LogP contribution < -0.4 is 5.32 Å². The lowest BCUT2D eigenvalue weighted by molar-refractivity contribution is -0.131. The van der Waals surface area contributed by atoms with Crippen LogP contribution in [0.15, 0.2) is 0 Å². The highest BCUT2D eigenvalue weighted by molar-refractivity contribution is 7.89. The van der Waals surface area contributed by atoms with E-state index in [1.807, 2.05) is 4.90 Å². The standard InChI is InChI=1S/C18H29N3O4S/c22-17(10-13-4-2-1-3-5-13)19-14-11-16-18(23)21(15-6-7-15)26(24,25)9-8-20(16)12-14/h13-16H,1-12H2,(H,19,22)/t14-,16-/m0/s1. The number of nitrogens with zero attached hydrogens (tertiary/aromatic N) is 2. The lowest BCUT2D eigenvalue weighted by Gasteiger charge is -2.23. The largest absolute Gasteiger partial charge is 0.352 e. The van der Waals surface area contributed by atoms with Crippen molar-refractivity contribution in [3.8, 4) is 0 Å². The van der Waals surface area contributed by atoms with Crippen molar-refractivity contribution < 1.29 is 18.0 Å². The molecule has 146 valence electrons. The predicted octanol–water partition coefficient (Wildman–Crippen LogP) is 0.850. The minimum Gasteiger partial charge on any atom is -0.352 e. The second-order valence-corrected chi connectivity index (χ2v) is 10.4. The van der Waals surface area contributed by atoms with Gasteiger partial charge in [-0.3, -0.25) is 14.5 Å². The molecule has 0 aromatic rings. The topological polar surface area (TPSA) is 86.8 Å². The molecule has 4 rings (SSSR count). The fraction of sp³-hybridized carbons (Fsp3) is 0.889. The van der Waals surface area contributed by atoms with Crippen LogP contribution in [0.1, 0.15) is 57.8 Å². The second-order valence-electron chi connectivity index (χ2n) is 8.40. The Labute approximate surface area is 155 Å². The number of sulfonamides is 1. The van der Waals surface area contributed by atoms with Gasteiger partial charge in [0.05, 0.1) is 11.8 Å². The van der Waals surface area contributed by atoms with Crippen LogP contribution in [0.4, 0.5) is 0 Å². The number of amides is 2. The monoisotopic (exact) mass is 383 g/mol. The average molecular weight is 384 g/mol. The smallest absolute Gasteiger partial charge is 0.253 e. The molecule has 0 bridgehead atoms. The van der Waals surface area contributed by atoms with Gasteiger partial charge in [0.1, 0.15) is 0 Å². The van der Waals surface area contributed by atoms with Crippen LogP contribution in [-0.4, -0.2) is 66.4 Å². The van der Waals surface area contributed by atoms with Crippen molar-refractivity contribution in [2.45, 2.75) is 75.9 Å². The number of hydrogen-bond acceptors (Lipinski definition) is 5. The summed E-state index contributed by atoms with van der Waals surface area (Å²) in [5, 5.41) is 3.10. The first-order valence-corrected chi connectivity index (χ1v) is 11.6. The van der Waals surface area contributed by atoms with E-state index < -0.39 is 16.1 Å². The van der Waals surface area contributed by atoms with Gasteiger partial charge in [-0.05, 0) is 38.0 Å². The fourth-order valence-electron chi connectivity index (χ4n) is 4.78. The lowest BCUT2D eigenvalue weighted by atomic mass is 9.87. The molecule has 4 aliphatic rings. The van der Waals surface area contributed by atoms with Crippen LogP contribution >= 0.6 is 0 Å². The van der Waals surface area contributed by atoms with Gasteiger partial charge in [0.25, 0.3) is 5.91 Å². The number of carbonyl (C=O) groups is 2. The van der Waals surface area contributed by atoms with Gasteiger partial charge in [0, 0.05) is 31.6 Å². The van der Waals surface area contributed by atoms with E-state index in [1.165, 1.54) is 19.3 Å². The Kier molecular flexibility index (Phi) is 4.98. The van der Waals surface area contributed by atoms with Crippen LogP contribution in [0.25, 0.3) is 0 Å². The molecule has 2 aliphatic carbocycles. The normalized spacial score (nSPS) is 32.9. The Morgan fingerprint density at radius 3 is 2.54 bits per heavy atom. The van der Waals surface area contributed by atoms with Crippen LogP contribution in [0, 0.1) is 5.92 Å². The molecule has 0 radical (unpaired) electrons. The quantitative estimate of drug-likeness (QED) is 0.778. The van der Waals surface area contributed by atoms with Crippen LogP contribution in [-0.2, 0) is 19.6 Å². The van der Waals surface area contributed by atoms with Gasteiger partial charge in [0.2, 0.25) is 15.9 Å². The maximum Gasteiger partial charge on any atom is 0.253 e. The van der Waals surface area contributed by atoms with E-state index in [2.05, 4.69) is 5.32 Å². The van der Waals surface area contributed by atoms with E-state index in [0.29, 0.717) is 31.8 Å². The number of fused-ring (bicyclic) bond motifs is 1. The maximum atomic E-state index is 12.9. The zero-order valence-corrected chi connectivity index (χ0v) is 16.0. The van der Waals surface area contributed by atoms with Crippen LogP contribution in [0.3, 0.4) is 0 Å². The van der Waals surface area contributed by atoms with E-state index in [4.69, 9.17) is 0 Å². The zero-order chi connectivity index (χ0) is 18.3. The highest BCUT2D eigenvalue weighted by atomic mass is 32.2. The van der Waals surface area contributed by atoms with Gasteiger partial charge in [-0.15, -0.1) is 0 Å². The molecule has 8 heteroatoms. The summed E-state index contributed by atoms with van der Waals surface area (Å²) in [7, 11) is -3.49. The molecule has 2 aliphatic heterocycles. The molecule has 2 heterocycles. The molecule has 0 aromatic heterocycles. The Balaban J connectivity index is 1.36. The van der Waals surface area contributed by atoms with E-state index in [9.17, 15) is 18.0 Å².